The van der Waals surface area contributed by atoms with Gasteiger partial charge >= 0.3 is 0 Å². The first-order valence-corrected chi connectivity index (χ1v) is 11.8. The average molecular weight is 408 g/mol. The van der Waals surface area contributed by atoms with Crippen molar-refractivity contribution in [3.63, 3.8) is 0 Å². The molecule has 3 rings (SSSR count). The number of hydrogen-bond donors (Lipinski definition) is 1. The van der Waals surface area contributed by atoms with Crippen molar-refractivity contribution in [2.75, 3.05) is 51.8 Å². The quantitative estimate of drug-likeness (QED) is 0.750. The molecule has 0 spiro atoms. The van der Waals surface area contributed by atoms with Crippen LogP contribution in [0.3, 0.4) is 0 Å². The Balaban J connectivity index is 1.72. The molecular formula is C21H37N5OS. The lowest BCUT2D eigenvalue weighted by atomic mass is 9.88. The van der Waals surface area contributed by atoms with Crippen LogP contribution in [0.15, 0.2) is 0 Å². The van der Waals surface area contributed by atoms with Gasteiger partial charge in [0.2, 0.25) is 0 Å². The van der Waals surface area contributed by atoms with E-state index in [1.165, 1.54) is 11.3 Å². The highest BCUT2D eigenvalue weighted by Gasteiger charge is 2.32. The van der Waals surface area contributed by atoms with Gasteiger partial charge < -0.3 is 15.1 Å². The summed E-state index contributed by atoms with van der Waals surface area (Å²) in [4.78, 5) is 17.4. The summed E-state index contributed by atoms with van der Waals surface area (Å²) in [5, 5.41) is 8.54. The molecule has 0 bridgehead atoms. The first-order valence-electron chi connectivity index (χ1n) is 10.6. The van der Waals surface area contributed by atoms with Gasteiger partial charge in [-0.25, -0.2) is 0 Å². The third kappa shape index (κ3) is 5.10. The topological polar surface area (TPSA) is 53.4 Å². The first-order chi connectivity index (χ1) is 13.3. The Morgan fingerprint density at radius 2 is 2.04 bits per heavy atom. The minimum Gasteiger partial charge on any atom is -0.336 e. The van der Waals surface area contributed by atoms with Crippen LogP contribution in [0.5, 0.6) is 0 Å². The van der Waals surface area contributed by atoms with Gasteiger partial charge in [0, 0.05) is 61.5 Å². The van der Waals surface area contributed by atoms with Crippen molar-refractivity contribution < 1.29 is 4.79 Å². The van der Waals surface area contributed by atoms with E-state index < -0.39 is 0 Å². The lowest BCUT2D eigenvalue weighted by molar-refractivity contribution is 0.0764. The minimum absolute atomic E-state index is 0.136. The molecule has 1 aliphatic heterocycles. The van der Waals surface area contributed by atoms with E-state index in [0.29, 0.717) is 11.7 Å². The molecule has 0 aromatic carbocycles. The van der Waals surface area contributed by atoms with Gasteiger partial charge in [-0.3, -0.25) is 9.48 Å². The highest BCUT2D eigenvalue weighted by Crippen LogP contribution is 2.27. The number of carbonyl (C=O) groups excluding carboxylic acids is 1. The van der Waals surface area contributed by atoms with Crippen molar-refractivity contribution in [3.05, 3.63) is 17.0 Å². The van der Waals surface area contributed by atoms with E-state index in [1.54, 1.807) is 0 Å². The number of aromatic nitrogens is 2. The largest absolute Gasteiger partial charge is 0.336 e. The molecule has 1 N–H and O–H groups in total. The second kappa shape index (κ2) is 9.18. The van der Waals surface area contributed by atoms with Crippen LogP contribution in [0.25, 0.3) is 0 Å². The molecule has 2 aliphatic rings. The molecule has 6 nitrogen and oxygen atoms in total. The molecule has 1 aliphatic carbocycles. The minimum atomic E-state index is 0.136. The van der Waals surface area contributed by atoms with Crippen LogP contribution in [-0.4, -0.2) is 83.3 Å². The highest BCUT2D eigenvalue weighted by molar-refractivity contribution is 7.99. The number of carbonyl (C=O) groups is 1. The van der Waals surface area contributed by atoms with Crippen molar-refractivity contribution in [3.8, 4) is 0 Å². The Morgan fingerprint density at radius 1 is 1.32 bits per heavy atom. The summed E-state index contributed by atoms with van der Waals surface area (Å²) >= 11 is 1.93. The summed E-state index contributed by atoms with van der Waals surface area (Å²) in [5.41, 5.74) is 3.41. The zero-order valence-corrected chi connectivity index (χ0v) is 19.1. The molecule has 158 valence electrons. The zero-order valence-electron chi connectivity index (χ0n) is 18.3. The highest BCUT2D eigenvalue weighted by atomic mass is 32.2. The lowest BCUT2D eigenvalue weighted by Crippen LogP contribution is -2.44. The van der Waals surface area contributed by atoms with Gasteiger partial charge in [0.1, 0.15) is 0 Å². The fourth-order valence-electron chi connectivity index (χ4n) is 4.54. The van der Waals surface area contributed by atoms with Crippen LogP contribution >= 0.6 is 11.8 Å². The van der Waals surface area contributed by atoms with Crippen LogP contribution in [0, 0.1) is 5.41 Å². The maximum atomic E-state index is 13.2. The molecule has 1 fully saturated rings. The van der Waals surface area contributed by atoms with E-state index >= 15 is 0 Å². The van der Waals surface area contributed by atoms with E-state index in [4.69, 9.17) is 5.10 Å². The summed E-state index contributed by atoms with van der Waals surface area (Å²) in [6.07, 6.45) is 3.03. The van der Waals surface area contributed by atoms with Gasteiger partial charge in [0.05, 0.1) is 0 Å². The summed E-state index contributed by atoms with van der Waals surface area (Å²) in [6, 6.07) is 0.423. The van der Waals surface area contributed by atoms with Gasteiger partial charge in [0.25, 0.3) is 5.91 Å². The normalized spacial score (nSPS) is 20.5. The monoisotopic (exact) mass is 407 g/mol. The molecule has 0 unspecified atom stereocenters. The standard InChI is InChI=1S/C21H37N5OS/c1-6-26-18-8-7-16(22-14-21(2,3)15-24(4)5)13-17(18)19(23-26)20(27)25-9-11-28-12-10-25/h16,22H,6-15H2,1-5H3/t16-/m1/s1. The molecule has 0 saturated carbocycles. The van der Waals surface area contributed by atoms with Gasteiger partial charge in [-0.15, -0.1) is 0 Å². The Morgan fingerprint density at radius 3 is 2.68 bits per heavy atom. The Hall–Kier alpha value is -1.05. The van der Waals surface area contributed by atoms with Crippen molar-refractivity contribution in [1.82, 2.24) is 24.9 Å². The van der Waals surface area contributed by atoms with Crippen LogP contribution in [0.2, 0.25) is 0 Å². The Labute approximate surface area is 174 Å². The molecule has 1 amide bonds. The van der Waals surface area contributed by atoms with Gasteiger partial charge in [0.15, 0.2) is 5.69 Å². The lowest BCUT2D eigenvalue weighted by Gasteiger charge is -2.32. The molecule has 7 heteroatoms. The maximum Gasteiger partial charge on any atom is 0.274 e. The molecule has 1 saturated heterocycles. The van der Waals surface area contributed by atoms with E-state index in [0.717, 1.165) is 63.5 Å². The Bertz CT molecular complexity index is 679. The van der Waals surface area contributed by atoms with E-state index in [-0.39, 0.29) is 11.3 Å². The average Bonchev–Trinajstić information content (AvgIpc) is 3.03. The molecule has 1 aromatic rings. The summed E-state index contributed by atoms with van der Waals surface area (Å²) in [5.74, 6) is 2.21. The van der Waals surface area contributed by atoms with Crippen molar-refractivity contribution in [2.24, 2.45) is 5.41 Å². The second-order valence-corrected chi connectivity index (χ2v) is 10.4. The third-order valence-corrected chi connectivity index (χ3v) is 6.70. The second-order valence-electron chi connectivity index (χ2n) is 9.22. The van der Waals surface area contributed by atoms with Crippen LogP contribution in [0.1, 0.15) is 48.9 Å². The van der Waals surface area contributed by atoms with Gasteiger partial charge in [-0.1, -0.05) is 13.8 Å². The third-order valence-electron chi connectivity index (χ3n) is 5.76. The van der Waals surface area contributed by atoms with Crippen molar-refractivity contribution in [1.29, 1.82) is 0 Å². The fraction of sp³-hybridized carbons (Fsp3) is 0.810. The number of aryl methyl sites for hydroxylation is 1. The van der Waals surface area contributed by atoms with E-state index in [1.807, 2.05) is 16.7 Å². The SMILES string of the molecule is CCn1nc(C(=O)N2CCSCC2)c2c1CC[C@@H](NCC(C)(C)CN(C)C)C2. The zero-order chi connectivity index (χ0) is 20.3. The summed E-state index contributed by atoms with van der Waals surface area (Å²) < 4.78 is 2.06. The van der Waals surface area contributed by atoms with Crippen molar-refractivity contribution in [2.45, 2.75) is 52.6 Å². The summed E-state index contributed by atoms with van der Waals surface area (Å²) in [6.45, 7) is 11.3. The predicted molar refractivity (Wildman–Crippen MR) is 117 cm³/mol. The van der Waals surface area contributed by atoms with Gasteiger partial charge in [-0.05, 0) is 45.7 Å². The van der Waals surface area contributed by atoms with Gasteiger partial charge in [-0.2, -0.15) is 16.9 Å². The number of nitrogens with one attached hydrogen (secondary N) is 1. The van der Waals surface area contributed by atoms with E-state index in [2.05, 4.69) is 49.8 Å². The molecule has 28 heavy (non-hydrogen) atoms. The number of rotatable bonds is 7. The molecule has 0 radical (unpaired) electrons. The number of nitrogens with zero attached hydrogens (tertiary/aromatic N) is 4. The number of fused-ring (bicyclic) bond motifs is 1. The Kier molecular flexibility index (Phi) is 7.10. The van der Waals surface area contributed by atoms with Crippen molar-refractivity contribution >= 4 is 17.7 Å². The first kappa shape index (κ1) is 21.7. The maximum absolute atomic E-state index is 13.2. The smallest absolute Gasteiger partial charge is 0.274 e. The van der Waals surface area contributed by atoms with E-state index in [9.17, 15) is 4.79 Å². The van der Waals surface area contributed by atoms with Crippen LogP contribution in [-0.2, 0) is 19.4 Å². The molecule has 1 aromatic heterocycles. The predicted octanol–water partition coefficient (Wildman–Crippen LogP) is 2.13. The number of amides is 1. The number of thioether (sulfide) groups is 1. The van der Waals surface area contributed by atoms with Crippen LogP contribution < -0.4 is 5.32 Å². The van der Waals surface area contributed by atoms with Crippen LogP contribution in [0.4, 0.5) is 0 Å². The summed E-state index contributed by atoms with van der Waals surface area (Å²) in [7, 11) is 4.26. The molecular weight excluding hydrogens is 370 g/mol. The molecule has 1 atom stereocenters. The number of hydrogen-bond acceptors (Lipinski definition) is 5. The molecule has 2 heterocycles. The fourth-order valence-corrected chi connectivity index (χ4v) is 5.45.